The van der Waals surface area contributed by atoms with E-state index in [1.165, 1.54) is 41.6 Å². The summed E-state index contributed by atoms with van der Waals surface area (Å²) in [5.74, 6) is 0.976. The lowest BCUT2D eigenvalue weighted by Gasteiger charge is -2.37. The van der Waals surface area contributed by atoms with Gasteiger partial charge in [-0.15, -0.1) is 0 Å². The van der Waals surface area contributed by atoms with Crippen molar-refractivity contribution in [2.45, 2.75) is 25.3 Å². The van der Waals surface area contributed by atoms with E-state index in [1.807, 2.05) is 0 Å². The Hall–Kier alpha value is -1.80. The molecule has 0 fully saturated rings. The highest BCUT2D eigenvalue weighted by atomic mass is 16.5. The van der Waals surface area contributed by atoms with E-state index in [0.29, 0.717) is 6.04 Å². The quantitative estimate of drug-likeness (QED) is 0.791. The molecule has 0 aromatic heterocycles. The van der Waals surface area contributed by atoms with Crippen LogP contribution in [-0.4, -0.2) is 25.1 Å². The van der Waals surface area contributed by atoms with Crippen LogP contribution in [0.25, 0.3) is 0 Å². The predicted molar refractivity (Wildman–Crippen MR) is 84.9 cm³/mol. The third-order valence-electron chi connectivity index (χ3n) is 4.92. The van der Waals surface area contributed by atoms with E-state index < -0.39 is 0 Å². The Morgan fingerprint density at radius 3 is 2.71 bits per heavy atom. The molecule has 2 aliphatic heterocycles. The molecule has 2 aromatic carbocycles. The number of hydrogen-bond acceptors (Lipinski definition) is 2. The molecule has 21 heavy (non-hydrogen) atoms. The summed E-state index contributed by atoms with van der Waals surface area (Å²) in [6.45, 7) is 2.35. The van der Waals surface area contributed by atoms with Crippen LogP contribution in [0.1, 0.15) is 34.7 Å². The first kappa shape index (κ1) is 12.9. The van der Waals surface area contributed by atoms with Crippen molar-refractivity contribution in [3.05, 3.63) is 64.7 Å². The number of fused-ring (bicyclic) bond motifs is 5. The number of methoxy groups -OCH3 is 1. The van der Waals surface area contributed by atoms with Crippen molar-refractivity contribution in [1.82, 2.24) is 4.90 Å². The van der Waals surface area contributed by atoms with Gasteiger partial charge < -0.3 is 4.74 Å². The lowest BCUT2D eigenvalue weighted by atomic mass is 9.86. The van der Waals surface area contributed by atoms with Crippen LogP contribution in [0.5, 0.6) is 5.75 Å². The third-order valence-corrected chi connectivity index (χ3v) is 4.92. The fourth-order valence-electron chi connectivity index (χ4n) is 3.89. The zero-order chi connectivity index (χ0) is 14.2. The first-order valence-electron chi connectivity index (χ1n) is 7.85. The topological polar surface area (TPSA) is 12.5 Å². The highest BCUT2D eigenvalue weighted by Gasteiger charge is 2.31. The molecular formula is C19H21NO. The van der Waals surface area contributed by atoms with Crippen LogP contribution in [0.4, 0.5) is 0 Å². The van der Waals surface area contributed by atoms with Crippen molar-refractivity contribution < 1.29 is 4.74 Å². The van der Waals surface area contributed by atoms with E-state index in [1.54, 1.807) is 7.11 Å². The number of aryl methyl sites for hydroxylation is 1. The van der Waals surface area contributed by atoms with E-state index in [2.05, 4.69) is 47.4 Å². The number of nitrogens with zero attached hydrogens (tertiary/aromatic N) is 1. The van der Waals surface area contributed by atoms with Gasteiger partial charge in [0.2, 0.25) is 0 Å². The van der Waals surface area contributed by atoms with Crippen molar-refractivity contribution >= 4 is 0 Å². The van der Waals surface area contributed by atoms with E-state index in [-0.39, 0.29) is 0 Å². The summed E-state index contributed by atoms with van der Waals surface area (Å²) in [6.07, 6.45) is 3.60. The van der Waals surface area contributed by atoms with Crippen LogP contribution in [0, 0.1) is 0 Å². The zero-order valence-electron chi connectivity index (χ0n) is 12.5. The Morgan fingerprint density at radius 2 is 1.81 bits per heavy atom. The molecule has 2 aromatic rings. The molecular weight excluding hydrogens is 258 g/mol. The molecule has 2 nitrogen and oxygen atoms in total. The van der Waals surface area contributed by atoms with Gasteiger partial charge in [0.1, 0.15) is 5.75 Å². The average molecular weight is 279 g/mol. The predicted octanol–water partition coefficient (Wildman–Crippen LogP) is 3.59. The average Bonchev–Trinajstić information content (AvgIpc) is 2.73. The SMILES string of the molecule is COc1ccc2c(c1)CCN1CCCc3ccccc3[C@H]21. The number of rotatable bonds is 1. The fourth-order valence-corrected chi connectivity index (χ4v) is 3.89. The number of benzene rings is 2. The molecule has 0 bridgehead atoms. The van der Waals surface area contributed by atoms with Crippen LogP contribution < -0.4 is 4.74 Å². The Bertz CT molecular complexity index is 664. The van der Waals surface area contributed by atoms with Crippen LogP contribution in [0.2, 0.25) is 0 Å². The molecule has 108 valence electrons. The zero-order valence-corrected chi connectivity index (χ0v) is 12.5. The summed E-state index contributed by atoms with van der Waals surface area (Å²) < 4.78 is 5.40. The molecule has 0 aliphatic carbocycles. The van der Waals surface area contributed by atoms with Gasteiger partial charge in [-0.2, -0.15) is 0 Å². The molecule has 1 atom stereocenters. The van der Waals surface area contributed by atoms with Crippen molar-refractivity contribution in [2.75, 3.05) is 20.2 Å². The van der Waals surface area contributed by atoms with Crippen molar-refractivity contribution in [3.63, 3.8) is 0 Å². The minimum absolute atomic E-state index is 0.429. The molecule has 0 radical (unpaired) electrons. The molecule has 0 saturated carbocycles. The Morgan fingerprint density at radius 1 is 0.952 bits per heavy atom. The van der Waals surface area contributed by atoms with Gasteiger partial charge in [-0.1, -0.05) is 30.3 Å². The number of ether oxygens (including phenoxy) is 1. The summed E-state index contributed by atoms with van der Waals surface area (Å²) in [4.78, 5) is 2.65. The summed E-state index contributed by atoms with van der Waals surface area (Å²) in [5.41, 5.74) is 5.94. The van der Waals surface area contributed by atoms with Gasteiger partial charge in [0.05, 0.1) is 13.2 Å². The minimum atomic E-state index is 0.429. The highest BCUT2D eigenvalue weighted by molar-refractivity contribution is 5.46. The van der Waals surface area contributed by atoms with Crippen molar-refractivity contribution in [2.24, 2.45) is 0 Å². The molecule has 0 amide bonds. The van der Waals surface area contributed by atoms with E-state index in [0.717, 1.165) is 18.7 Å². The van der Waals surface area contributed by atoms with Gasteiger partial charge in [0.15, 0.2) is 0 Å². The first-order chi connectivity index (χ1) is 10.4. The molecule has 4 rings (SSSR count). The molecule has 0 N–H and O–H groups in total. The largest absolute Gasteiger partial charge is 0.497 e. The van der Waals surface area contributed by atoms with E-state index in [9.17, 15) is 0 Å². The smallest absolute Gasteiger partial charge is 0.119 e. The monoisotopic (exact) mass is 279 g/mol. The molecule has 2 heteroatoms. The normalized spacial score (nSPS) is 20.9. The lowest BCUT2D eigenvalue weighted by molar-refractivity contribution is 0.217. The maximum atomic E-state index is 5.40. The van der Waals surface area contributed by atoms with Crippen LogP contribution in [0.15, 0.2) is 42.5 Å². The summed E-state index contributed by atoms with van der Waals surface area (Å²) >= 11 is 0. The second kappa shape index (κ2) is 5.19. The Balaban J connectivity index is 1.86. The lowest BCUT2D eigenvalue weighted by Crippen LogP contribution is -2.36. The summed E-state index contributed by atoms with van der Waals surface area (Å²) in [7, 11) is 1.75. The standard InChI is InChI=1S/C19H21NO/c1-21-16-8-9-18-15(13-16)10-12-20-11-4-6-14-5-2-3-7-17(14)19(18)20/h2-3,5,7-9,13,19H,4,6,10-12H2,1H3/t19-/m1/s1. The van der Waals surface area contributed by atoms with Gasteiger partial charge >= 0.3 is 0 Å². The van der Waals surface area contributed by atoms with Crippen LogP contribution >= 0.6 is 0 Å². The highest BCUT2D eigenvalue weighted by Crippen LogP contribution is 2.39. The van der Waals surface area contributed by atoms with Crippen molar-refractivity contribution in [3.8, 4) is 5.75 Å². The molecule has 0 saturated heterocycles. The van der Waals surface area contributed by atoms with Crippen molar-refractivity contribution in [1.29, 1.82) is 0 Å². The Kier molecular flexibility index (Phi) is 3.19. The van der Waals surface area contributed by atoms with Gasteiger partial charge in [0.25, 0.3) is 0 Å². The van der Waals surface area contributed by atoms with Gasteiger partial charge in [0, 0.05) is 6.54 Å². The molecule has 2 heterocycles. The summed E-state index contributed by atoms with van der Waals surface area (Å²) in [6, 6.07) is 16.0. The molecule has 0 spiro atoms. The third kappa shape index (κ3) is 2.14. The maximum absolute atomic E-state index is 5.40. The minimum Gasteiger partial charge on any atom is -0.497 e. The first-order valence-corrected chi connectivity index (χ1v) is 7.85. The maximum Gasteiger partial charge on any atom is 0.119 e. The molecule has 2 aliphatic rings. The second-order valence-electron chi connectivity index (χ2n) is 6.06. The van der Waals surface area contributed by atoms with Crippen LogP contribution in [0.3, 0.4) is 0 Å². The second-order valence-corrected chi connectivity index (χ2v) is 6.06. The van der Waals surface area contributed by atoms with E-state index >= 15 is 0 Å². The molecule has 0 unspecified atom stereocenters. The van der Waals surface area contributed by atoms with Gasteiger partial charge in [-0.25, -0.2) is 0 Å². The fraction of sp³-hybridized carbons (Fsp3) is 0.368. The summed E-state index contributed by atoms with van der Waals surface area (Å²) in [5, 5.41) is 0. The van der Waals surface area contributed by atoms with E-state index in [4.69, 9.17) is 4.74 Å². The van der Waals surface area contributed by atoms with Gasteiger partial charge in [-0.3, -0.25) is 4.90 Å². The Labute approximate surface area is 126 Å². The van der Waals surface area contributed by atoms with Crippen LogP contribution in [-0.2, 0) is 12.8 Å². The number of hydrogen-bond donors (Lipinski definition) is 0. The van der Waals surface area contributed by atoms with Gasteiger partial charge in [-0.05, 0) is 60.2 Å².